The maximum Gasteiger partial charge on any atom is 0.214 e. The van der Waals surface area contributed by atoms with Crippen LogP contribution in [0, 0.1) is 0 Å². The predicted molar refractivity (Wildman–Crippen MR) is 137 cm³/mol. The molecule has 2 saturated carbocycles. The number of hydrogen-bond donors (Lipinski definition) is 2. The lowest BCUT2D eigenvalue weighted by molar-refractivity contribution is -0.107. The summed E-state index contributed by atoms with van der Waals surface area (Å²) in [5, 5.41) is 0. The molecule has 174 valence electrons. The fourth-order valence-corrected chi connectivity index (χ4v) is 5.53. The number of rotatable bonds is 13. The first kappa shape index (κ1) is 25.1. The highest BCUT2D eigenvalue weighted by atomic mass is 32.8. The zero-order valence-corrected chi connectivity index (χ0v) is 21.5. The highest BCUT2D eigenvalue weighted by Crippen LogP contribution is 2.50. The fourth-order valence-electron chi connectivity index (χ4n) is 4.56. The number of thiol groups is 1. The molecular weight excluding hydrogens is 446 g/mol. The van der Waals surface area contributed by atoms with Gasteiger partial charge in [-0.25, -0.2) is 0 Å². The minimum atomic E-state index is -1.26. The Hall–Kier alpha value is -0.510. The lowest BCUT2D eigenvalue weighted by atomic mass is 9.87. The van der Waals surface area contributed by atoms with Crippen molar-refractivity contribution in [1.29, 1.82) is 0 Å². The largest absolute Gasteiger partial charge is 0.315 e. The molecule has 2 unspecified atom stereocenters. The van der Waals surface area contributed by atoms with Gasteiger partial charge in [-0.15, -0.1) is 0 Å². The Morgan fingerprint density at radius 2 is 1.90 bits per heavy atom. The Morgan fingerprint density at radius 3 is 2.35 bits per heavy atom. The molecule has 31 heavy (non-hydrogen) atoms. The van der Waals surface area contributed by atoms with Crippen LogP contribution in [0.1, 0.15) is 71.3 Å². The van der Waals surface area contributed by atoms with Crippen LogP contribution >= 0.6 is 12.8 Å². The van der Waals surface area contributed by atoms with Crippen LogP contribution in [0.25, 0.3) is 0 Å². The van der Waals surface area contributed by atoms with E-state index in [9.17, 15) is 9.35 Å². The summed E-state index contributed by atoms with van der Waals surface area (Å²) in [6.07, 6.45) is 9.11. The van der Waals surface area contributed by atoms with Crippen molar-refractivity contribution in [2.45, 2.75) is 89.3 Å². The average molecular weight is 484 g/mol. The molecule has 0 heterocycles. The molecule has 0 radical (unpaired) electrons. The van der Waals surface area contributed by atoms with Crippen LogP contribution in [-0.2, 0) is 31.3 Å². The van der Waals surface area contributed by atoms with Crippen molar-refractivity contribution in [3.05, 3.63) is 29.8 Å². The zero-order valence-electron chi connectivity index (χ0n) is 18.9. The van der Waals surface area contributed by atoms with E-state index in [4.69, 9.17) is 11.2 Å². The maximum absolute atomic E-state index is 11.7. The van der Waals surface area contributed by atoms with Crippen LogP contribution in [0.3, 0.4) is 0 Å². The molecule has 0 spiro atoms. The minimum Gasteiger partial charge on any atom is -0.315 e. The van der Waals surface area contributed by atoms with Gasteiger partial charge in [-0.2, -0.15) is 3.71 Å². The maximum atomic E-state index is 11.7. The topological polar surface area (TPSA) is 47.0 Å². The Morgan fingerprint density at radius 1 is 1.26 bits per heavy atom. The van der Waals surface area contributed by atoms with Gasteiger partial charge in [-0.3, -0.25) is 9.69 Å². The van der Waals surface area contributed by atoms with Crippen LogP contribution in [0.2, 0.25) is 0 Å². The van der Waals surface area contributed by atoms with Gasteiger partial charge < -0.3 is 9.45 Å². The van der Waals surface area contributed by atoms with Gasteiger partial charge in [0.05, 0.1) is 9.92 Å². The molecule has 1 aromatic rings. The highest BCUT2D eigenvalue weighted by Gasteiger charge is 2.47. The number of anilines is 1. The van der Waals surface area contributed by atoms with Crippen molar-refractivity contribution in [2.24, 2.45) is 0 Å². The van der Waals surface area contributed by atoms with Crippen LogP contribution in [0.4, 0.5) is 5.69 Å². The SMILES string of the molecule is CC(C)N(CC1(c2ccc(N(C=O)CCCC(C)N(S)S(O)=S)cc2)CC1)C1CCC1. The summed E-state index contributed by atoms with van der Waals surface area (Å²) in [5.41, 5.74) is 2.64. The lowest BCUT2D eigenvalue weighted by Crippen LogP contribution is -2.47. The molecule has 2 atom stereocenters. The van der Waals surface area contributed by atoms with E-state index in [1.165, 1.54) is 41.4 Å². The summed E-state index contributed by atoms with van der Waals surface area (Å²) in [6.45, 7) is 8.42. The normalized spacial score (nSPS) is 20.0. The predicted octanol–water partition coefficient (Wildman–Crippen LogP) is 4.73. The van der Waals surface area contributed by atoms with E-state index >= 15 is 0 Å². The number of carbonyl (C=O) groups is 1. The second-order valence-electron chi connectivity index (χ2n) is 9.50. The molecule has 5 nitrogen and oxygen atoms in total. The molecule has 2 aliphatic carbocycles. The van der Waals surface area contributed by atoms with Gasteiger partial charge in [0, 0.05) is 42.3 Å². The van der Waals surface area contributed by atoms with Gasteiger partial charge in [-0.1, -0.05) is 31.4 Å². The number of hydrogen-bond acceptors (Lipinski definition) is 4. The molecule has 1 N–H and O–H groups in total. The molecule has 0 aromatic heterocycles. The molecule has 1 amide bonds. The van der Waals surface area contributed by atoms with E-state index in [1.807, 2.05) is 6.92 Å². The monoisotopic (exact) mass is 483 g/mol. The van der Waals surface area contributed by atoms with Crippen LogP contribution in [0.5, 0.6) is 0 Å². The van der Waals surface area contributed by atoms with E-state index in [0.29, 0.717) is 18.0 Å². The third-order valence-corrected chi connectivity index (χ3v) is 9.39. The van der Waals surface area contributed by atoms with Crippen LogP contribution in [-0.4, -0.2) is 50.8 Å². The third kappa shape index (κ3) is 6.30. The van der Waals surface area contributed by atoms with Crippen molar-refractivity contribution < 1.29 is 9.35 Å². The van der Waals surface area contributed by atoms with Crippen LogP contribution < -0.4 is 4.90 Å². The van der Waals surface area contributed by atoms with Crippen molar-refractivity contribution >= 4 is 46.0 Å². The molecule has 8 heteroatoms. The molecule has 1 aromatic carbocycles. The molecule has 0 saturated heterocycles. The Balaban J connectivity index is 1.58. The van der Waals surface area contributed by atoms with Gasteiger partial charge in [-0.05, 0) is 88.2 Å². The zero-order chi connectivity index (χ0) is 22.6. The summed E-state index contributed by atoms with van der Waals surface area (Å²) in [5.74, 6) is 0. The summed E-state index contributed by atoms with van der Waals surface area (Å²) in [6, 6.07) is 10.0. The van der Waals surface area contributed by atoms with Gasteiger partial charge in [0.2, 0.25) is 6.41 Å². The molecule has 2 fully saturated rings. The second-order valence-corrected chi connectivity index (χ2v) is 12.0. The standard InChI is InChI=1S/C23H37N3O2S3/c1-18(2)25(22-7-4-8-22)16-23(13-14-23)20-9-11-21(12-10-20)24(17-27)15-5-6-19(3)26(29)31(28)30/h9-12,17-19,22,29H,4-8,13-16H2,1-3H3,(H,28,30). The van der Waals surface area contributed by atoms with E-state index < -0.39 is 9.92 Å². The van der Waals surface area contributed by atoms with Gasteiger partial charge >= 0.3 is 0 Å². The average Bonchev–Trinajstić information content (AvgIpc) is 3.49. The van der Waals surface area contributed by atoms with Gasteiger partial charge in [0.1, 0.15) is 0 Å². The molecular formula is C23H37N3O2S3. The first-order chi connectivity index (χ1) is 14.8. The Kier molecular flexibility index (Phi) is 8.97. The Labute approximate surface area is 200 Å². The summed E-state index contributed by atoms with van der Waals surface area (Å²) in [7, 11) is -1.26. The van der Waals surface area contributed by atoms with Crippen LogP contribution in [0.15, 0.2) is 24.3 Å². The van der Waals surface area contributed by atoms with Crippen molar-refractivity contribution in [2.75, 3.05) is 18.0 Å². The van der Waals surface area contributed by atoms with Gasteiger partial charge in [0.15, 0.2) is 0 Å². The first-order valence-corrected chi connectivity index (χ1v) is 13.9. The molecule has 2 aliphatic rings. The number of benzene rings is 1. The summed E-state index contributed by atoms with van der Waals surface area (Å²) >= 11 is 9.10. The fraction of sp³-hybridized carbons (Fsp3) is 0.696. The van der Waals surface area contributed by atoms with Crippen molar-refractivity contribution in [1.82, 2.24) is 8.61 Å². The van der Waals surface area contributed by atoms with E-state index in [1.54, 1.807) is 4.90 Å². The quantitative estimate of drug-likeness (QED) is 0.314. The van der Waals surface area contributed by atoms with Crippen molar-refractivity contribution in [3.8, 4) is 0 Å². The second kappa shape index (κ2) is 11.1. The smallest absolute Gasteiger partial charge is 0.214 e. The first-order valence-electron chi connectivity index (χ1n) is 11.4. The third-order valence-electron chi connectivity index (χ3n) is 7.04. The van der Waals surface area contributed by atoms with Crippen molar-refractivity contribution in [3.63, 3.8) is 0 Å². The Bertz CT molecular complexity index is 751. The number of carbonyl (C=O) groups excluding carboxylic acids is 1. The summed E-state index contributed by atoms with van der Waals surface area (Å²) in [4.78, 5) is 16.2. The van der Waals surface area contributed by atoms with Gasteiger partial charge in [0.25, 0.3) is 0 Å². The molecule has 3 rings (SSSR count). The number of nitrogens with zero attached hydrogens (tertiary/aromatic N) is 3. The summed E-state index contributed by atoms with van der Waals surface area (Å²) < 4.78 is 11.0. The van der Waals surface area contributed by atoms with E-state index in [0.717, 1.165) is 37.5 Å². The highest BCUT2D eigenvalue weighted by molar-refractivity contribution is 8.27. The molecule has 0 aliphatic heterocycles. The molecule has 0 bridgehead atoms. The number of amides is 1. The lowest BCUT2D eigenvalue weighted by Gasteiger charge is -2.42. The minimum absolute atomic E-state index is 0.0549. The van der Waals surface area contributed by atoms with E-state index in [2.05, 4.69) is 55.8 Å². The van der Waals surface area contributed by atoms with E-state index in [-0.39, 0.29) is 6.04 Å².